The Bertz CT molecular complexity index is 359. The molecule has 1 saturated carbocycles. The maximum Gasteiger partial charge on any atom is 0.148 e. The minimum Gasteiger partial charge on any atom is -0.309 e. The molecule has 0 aromatic carbocycles. The van der Waals surface area contributed by atoms with E-state index in [1.54, 1.807) is 0 Å². The molecule has 0 aromatic heterocycles. The van der Waals surface area contributed by atoms with Gasteiger partial charge >= 0.3 is 0 Å². The summed E-state index contributed by atoms with van der Waals surface area (Å²) in [6.07, 6.45) is 5.39. The quantitative estimate of drug-likeness (QED) is 0.803. The summed E-state index contributed by atoms with van der Waals surface area (Å²) >= 11 is 0. The first kappa shape index (κ1) is 13.5. The van der Waals surface area contributed by atoms with E-state index in [1.165, 1.54) is 6.26 Å². The Morgan fingerprint density at radius 2 is 2.06 bits per heavy atom. The average molecular weight is 244 g/mol. The smallest absolute Gasteiger partial charge is 0.148 e. The Morgan fingerprint density at radius 3 is 2.62 bits per heavy atom. The van der Waals surface area contributed by atoms with Crippen molar-refractivity contribution in [3.63, 3.8) is 0 Å². The zero-order valence-electron chi connectivity index (χ0n) is 9.94. The van der Waals surface area contributed by atoms with Gasteiger partial charge in [0.1, 0.15) is 9.84 Å². The fraction of sp³-hybridized carbons (Fsp3) is 0.909. The first-order valence-electron chi connectivity index (χ1n) is 5.76. The van der Waals surface area contributed by atoms with Crippen LogP contribution in [0.1, 0.15) is 32.6 Å². The van der Waals surface area contributed by atoms with Crippen LogP contribution in [0.15, 0.2) is 0 Å². The molecule has 1 rings (SSSR count). The first-order valence-corrected chi connectivity index (χ1v) is 7.82. The molecule has 5 heteroatoms. The summed E-state index contributed by atoms with van der Waals surface area (Å²) in [5, 5.41) is 12.3. The van der Waals surface area contributed by atoms with Gasteiger partial charge in [-0.15, -0.1) is 0 Å². The van der Waals surface area contributed by atoms with Crippen LogP contribution in [-0.2, 0) is 9.84 Å². The topological polar surface area (TPSA) is 70.0 Å². The highest BCUT2D eigenvalue weighted by molar-refractivity contribution is 7.90. The molecule has 4 nitrogen and oxygen atoms in total. The number of sulfone groups is 1. The number of nitriles is 1. The van der Waals surface area contributed by atoms with Crippen LogP contribution in [0, 0.1) is 17.2 Å². The van der Waals surface area contributed by atoms with Gasteiger partial charge in [0, 0.05) is 18.3 Å². The van der Waals surface area contributed by atoms with Crippen molar-refractivity contribution in [2.24, 2.45) is 5.92 Å². The van der Waals surface area contributed by atoms with Gasteiger partial charge in [-0.1, -0.05) is 12.8 Å². The Labute approximate surface area is 98.0 Å². The number of nitrogens with one attached hydrogen (secondary N) is 1. The van der Waals surface area contributed by atoms with Crippen LogP contribution in [0.3, 0.4) is 0 Å². The molecule has 1 aliphatic rings. The summed E-state index contributed by atoms with van der Waals surface area (Å²) in [6, 6.07) is 2.40. The van der Waals surface area contributed by atoms with Crippen LogP contribution in [0.5, 0.6) is 0 Å². The van der Waals surface area contributed by atoms with E-state index < -0.39 is 9.84 Å². The molecule has 92 valence electrons. The molecule has 0 heterocycles. The molecule has 3 atom stereocenters. The second-order valence-corrected chi connectivity index (χ2v) is 6.97. The van der Waals surface area contributed by atoms with Crippen molar-refractivity contribution in [1.29, 1.82) is 5.26 Å². The van der Waals surface area contributed by atoms with Gasteiger partial charge in [-0.05, 0) is 19.8 Å². The SMILES string of the molecule is CC(CS(C)(=O)=O)NC1CCCCC1C#N. The van der Waals surface area contributed by atoms with Gasteiger partial charge in [0.05, 0.1) is 17.7 Å². The third kappa shape index (κ3) is 4.50. The molecule has 0 radical (unpaired) electrons. The normalized spacial score (nSPS) is 28.3. The van der Waals surface area contributed by atoms with Crippen molar-refractivity contribution in [2.75, 3.05) is 12.0 Å². The van der Waals surface area contributed by atoms with Crippen molar-refractivity contribution in [3.05, 3.63) is 0 Å². The van der Waals surface area contributed by atoms with Crippen molar-refractivity contribution >= 4 is 9.84 Å². The van der Waals surface area contributed by atoms with Crippen molar-refractivity contribution in [2.45, 2.75) is 44.7 Å². The molecule has 0 saturated heterocycles. The second-order valence-electron chi connectivity index (χ2n) is 4.79. The summed E-state index contributed by atoms with van der Waals surface area (Å²) in [7, 11) is -2.94. The zero-order chi connectivity index (χ0) is 12.2. The maximum absolute atomic E-state index is 11.1. The van der Waals surface area contributed by atoms with E-state index in [2.05, 4.69) is 11.4 Å². The van der Waals surface area contributed by atoms with Crippen LogP contribution in [0.2, 0.25) is 0 Å². The van der Waals surface area contributed by atoms with Crippen LogP contribution in [0.25, 0.3) is 0 Å². The number of hydrogen-bond acceptors (Lipinski definition) is 4. The lowest BCUT2D eigenvalue weighted by Gasteiger charge is -2.30. The largest absolute Gasteiger partial charge is 0.309 e. The summed E-state index contributed by atoms with van der Waals surface area (Å²) in [4.78, 5) is 0. The predicted octanol–water partition coefficient (Wildman–Crippen LogP) is 1.09. The Balaban J connectivity index is 2.49. The molecular weight excluding hydrogens is 224 g/mol. The van der Waals surface area contributed by atoms with Crippen LogP contribution in [0.4, 0.5) is 0 Å². The van der Waals surface area contributed by atoms with E-state index in [0.717, 1.165) is 25.7 Å². The number of hydrogen-bond donors (Lipinski definition) is 1. The predicted molar refractivity (Wildman–Crippen MR) is 63.7 cm³/mol. The number of nitrogens with zero attached hydrogens (tertiary/aromatic N) is 1. The van der Waals surface area contributed by atoms with Crippen LogP contribution >= 0.6 is 0 Å². The van der Waals surface area contributed by atoms with Gasteiger partial charge in [0.25, 0.3) is 0 Å². The van der Waals surface area contributed by atoms with Crippen molar-refractivity contribution in [3.8, 4) is 6.07 Å². The van der Waals surface area contributed by atoms with E-state index in [4.69, 9.17) is 5.26 Å². The molecule has 0 spiro atoms. The maximum atomic E-state index is 11.1. The van der Waals surface area contributed by atoms with Crippen LogP contribution < -0.4 is 5.32 Å². The lowest BCUT2D eigenvalue weighted by molar-refractivity contribution is 0.297. The lowest BCUT2D eigenvalue weighted by Crippen LogP contribution is -2.45. The second kappa shape index (κ2) is 5.65. The standard InChI is InChI=1S/C11H20N2O2S/c1-9(8-16(2,14)15)13-11-6-4-3-5-10(11)7-12/h9-11,13H,3-6,8H2,1-2H3. The molecular formula is C11H20N2O2S. The minimum atomic E-state index is -2.94. The summed E-state index contributed by atoms with van der Waals surface area (Å²) in [5.41, 5.74) is 0. The lowest BCUT2D eigenvalue weighted by atomic mass is 9.85. The molecule has 1 N–H and O–H groups in total. The van der Waals surface area contributed by atoms with E-state index in [0.29, 0.717) is 0 Å². The molecule has 16 heavy (non-hydrogen) atoms. The average Bonchev–Trinajstić information content (AvgIpc) is 2.15. The molecule has 0 bridgehead atoms. The van der Waals surface area contributed by atoms with Gasteiger partial charge in [0.2, 0.25) is 0 Å². The molecule has 0 aliphatic heterocycles. The fourth-order valence-electron chi connectivity index (χ4n) is 2.35. The monoisotopic (exact) mass is 244 g/mol. The third-order valence-electron chi connectivity index (χ3n) is 2.98. The highest BCUT2D eigenvalue weighted by Gasteiger charge is 2.26. The van der Waals surface area contributed by atoms with E-state index in [9.17, 15) is 8.42 Å². The fourth-order valence-corrected chi connectivity index (χ4v) is 3.36. The van der Waals surface area contributed by atoms with E-state index in [-0.39, 0.29) is 23.8 Å². The summed E-state index contributed by atoms with van der Waals surface area (Å²) in [5.74, 6) is 0.178. The van der Waals surface area contributed by atoms with Gasteiger partial charge in [-0.3, -0.25) is 0 Å². The number of rotatable bonds is 4. The van der Waals surface area contributed by atoms with Gasteiger partial charge in [0.15, 0.2) is 0 Å². The Kier molecular flexibility index (Phi) is 4.75. The first-order chi connectivity index (χ1) is 7.42. The van der Waals surface area contributed by atoms with E-state index in [1.807, 2.05) is 6.92 Å². The van der Waals surface area contributed by atoms with Gasteiger partial charge < -0.3 is 5.32 Å². The Hall–Kier alpha value is -0.600. The zero-order valence-corrected chi connectivity index (χ0v) is 10.8. The van der Waals surface area contributed by atoms with Crippen LogP contribution in [-0.4, -0.2) is 32.5 Å². The van der Waals surface area contributed by atoms with Gasteiger partial charge in [-0.2, -0.15) is 5.26 Å². The van der Waals surface area contributed by atoms with Crippen molar-refractivity contribution in [1.82, 2.24) is 5.32 Å². The summed E-state index contributed by atoms with van der Waals surface area (Å²) < 4.78 is 22.3. The van der Waals surface area contributed by atoms with E-state index >= 15 is 0 Å². The highest BCUT2D eigenvalue weighted by Crippen LogP contribution is 2.24. The van der Waals surface area contributed by atoms with Crippen molar-refractivity contribution < 1.29 is 8.42 Å². The Morgan fingerprint density at radius 1 is 1.44 bits per heavy atom. The molecule has 0 aromatic rings. The van der Waals surface area contributed by atoms with Gasteiger partial charge in [-0.25, -0.2) is 8.42 Å². The summed E-state index contributed by atoms with van der Waals surface area (Å²) in [6.45, 7) is 1.87. The highest BCUT2D eigenvalue weighted by atomic mass is 32.2. The molecule has 1 fully saturated rings. The molecule has 3 unspecified atom stereocenters. The third-order valence-corrected chi connectivity index (χ3v) is 4.09. The minimum absolute atomic E-state index is 0.0377. The molecule has 1 aliphatic carbocycles. The molecule has 0 amide bonds.